The zero-order valence-corrected chi connectivity index (χ0v) is 18.4. The van der Waals surface area contributed by atoms with Gasteiger partial charge in [-0.2, -0.15) is 5.21 Å². The molecule has 1 spiro atoms. The van der Waals surface area contributed by atoms with Crippen molar-refractivity contribution < 1.29 is 0 Å². The van der Waals surface area contributed by atoms with Gasteiger partial charge in [0.25, 0.3) is 0 Å². The Morgan fingerprint density at radius 2 is 1.79 bits per heavy atom. The number of hydrogen-bond donors (Lipinski definition) is 1. The van der Waals surface area contributed by atoms with Gasteiger partial charge in [0.15, 0.2) is 5.82 Å². The maximum absolute atomic E-state index is 4.16. The first-order valence-corrected chi connectivity index (χ1v) is 11.4. The van der Waals surface area contributed by atoms with Crippen LogP contribution in [0.15, 0.2) is 40.9 Å². The van der Waals surface area contributed by atoms with Gasteiger partial charge in [0.2, 0.25) is 0 Å². The number of aryl methyl sites for hydroxylation is 1. The number of tetrazole rings is 1. The van der Waals surface area contributed by atoms with Crippen molar-refractivity contribution in [1.82, 2.24) is 20.6 Å². The summed E-state index contributed by atoms with van der Waals surface area (Å²) in [6.07, 6.45) is 8.22. The van der Waals surface area contributed by atoms with E-state index in [4.69, 9.17) is 0 Å². The molecule has 2 aliphatic rings. The fraction of sp³-hybridized carbons (Fsp3) is 0.435. The average Bonchev–Trinajstić information content (AvgIpc) is 3.28. The Labute approximate surface area is 180 Å². The van der Waals surface area contributed by atoms with Gasteiger partial charge in [-0.25, -0.2) is 0 Å². The second-order valence-electron chi connectivity index (χ2n) is 8.24. The second-order valence-corrected chi connectivity index (χ2v) is 9.15. The monoisotopic (exact) mass is 451 g/mol. The number of aromatic nitrogens is 4. The first-order valence-electron chi connectivity index (χ1n) is 10.6. The molecule has 5 nitrogen and oxygen atoms in total. The van der Waals surface area contributed by atoms with Crippen molar-refractivity contribution in [2.24, 2.45) is 0 Å². The van der Waals surface area contributed by atoms with Crippen LogP contribution in [0, 0.1) is 0 Å². The number of halogens is 1. The maximum Gasteiger partial charge on any atom is 0.176 e. The van der Waals surface area contributed by atoms with Crippen LogP contribution in [0.4, 0.5) is 11.4 Å². The van der Waals surface area contributed by atoms with Crippen LogP contribution in [-0.4, -0.2) is 27.2 Å². The number of H-pyrrole nitrogens is 1. The molecule has 5 rings (SSSR count). The second kappa shape index (κ2) is 7.56. The Hall–Kier alpha value is -2.21. The van der Waals surface area contributed by atoms with E-state index in [1.165, 1.54) is 60.2 Å². The number of rotatable bonds is 4. The SMILES string of the molecule is CCc1ccc2c(c1)C1(CCCCC1)c1cc(Br)ccc1N2CCc1nn[nH]n1. The van der Waals surface area contributed by atoms with Gasteiger partial charge < -0.3 is 4.90 Å². The van der Waals surface area contributed by atoms with Gasteiger partial charge in [0.05, 0.1) is 0 Å². The van der Waals surface area contributed by atoms with E-state index in [0.29, 0.717) is 0 Å². The quantitative estimate of drug-likeness (QED) is 0.571. The van der Waals surface area contributed by atoms with Gasteiger partial charge >= 0.3 is 0 Å². The van der Waals surface area contributed by atoms with Gasteiger partial charge in [-0.3, -0.25) is 0 Å². The standard InChI is InChI=1S/C23H26BrN5/c1-2-16-6-8-20-18(14-16)23(11-4-3-5-12-23)19-15-17(24)7-9-21(19)29(20)13-10-22-25-27-28-26-22/h6-9,14-15H,2-5,10-13H2,1H3,(H,25,26,27,28). The Kier molecular flexibility index (Phi) is 4.90. The van der Waals surface area contributed by atoms with Gasteiger partial charge in [-0.1, -0.05) is 59.5 Å². The molecule has 2 aromatic carbocycles. The minimum atomic E-state index is 0.126. The van der Waals surface area contributed by atoms with Gasteiger partial charge in [-0.15, -0.1) is 10.2 Å². The highest BCUT2D eigenvalue weighted by Gasteiger charge is 2.43. The molecule has 2 heterocycles. The van der Waals surface area contributed by atoms with Crippen molar-refractivity contribution in [3.8, 4) is 0 Å². The van der Waals surface area contributed by atoms with Crippen molar-refractivity contribution in [1.29, 1.82) is 0 Å². The summed E-state index contributed by atoms with van der Waals surface area (Å²) in [5.41, 5.74) is 7.21. The van der Waals surface area contributed by atoms with Crippen LogP contribution in [0.1, 0.15) is 61.5 Å². The lowest BCUT2D eigenvalue weighted by Crippen LogP contribution is -2.39. The Bertz CT molecular complexity index is 1010. The van der Waals surface area contributed by atoms with Crippen molar-refractivity contribution in [2.75, 3.05) is 11.4 Å². The van der Waals surface area contributed by atoms with Crippen LogP contribution >= 0.6 is 15.9 Å². The minimum absolute atomic E-state index is 0.126. The minimum Gasteiger partial charge on any atom is -0.341 e. The first-order chi connectivity index (χ1) is 14.2. The average molecular weight is 452 g/mol. The number of benzene rings is 2. The van der Waals surface area contributed by atoms with Crippen LogP contribution in [-0.2, 0) is 18.3 Å². The molecule has 1 aromatic heterocycles. The lowest BCUT2D eigenvalue weighted by Gasteiger charge is -2.48. The van der Waals surface area contributed by atoms with E-state index in [1.807, 2.05) is 0 Å². The van der Waals surface area contributed by atoms with Gasteiger partial charge in [0.1, 0.15) is 0 Å². The Balaban J connectivity index is 1.67. The third kappa shape index (κ3) is 3.18. The van der Waals surface area contributed by atoms with Crippen molar-refractivity contribution in [3.05, 3.63) is 63.4 Å². The summed E-state index contributed by atoms with van der Waals surface area (Å²) in [7, 11) is 0. The summed E-state index contributed by atoms with van der Waals surface area (Å²) in [6, 6.07) is 13.9. The van der Waals surface area contributed by atoms with Crippen molar-refractivity contribution in [3.63, 3.8) is 0 Å². The van der Waals surface area contributed by atoms with E-state index in [9.17, 15) is 0 Å². The fourth-order valence-corrected chi connectivity index (χ4v) is 5.62. The Morgan fingerprint density at radius 3 is 2.52 bits per heavy atom. The van der Waals surface area contributed by atoms with Crippen LogP contribution in [0.5, 0.6) is 0 Å². The summed E-state index contributed by atoms with van der Waals surface area (Å²) in [6.45, 7) is 3.08. The Morgan fingerprint density at radius 1 is 1.03 bits per heavy atom. The molecule has 1 N–H and O–H groups in total. The summed E-state index contributed by atoms with van der Waals surface area (Å²) in [5.74, 6) is 0.758. The molecule has 3 aromatic rings. The first kappa shape index (κ1) is 18.8. The molecule has 29 heavy (non-hydrogen) atoms. The number of hydrogen-bond acceptors (Lipinski definition) is 4. The van der Waals surface area contributed by atoms with Gasteiger partial charge in [-0.05, 0) is 60.2 Å². The predicted octanol–water partition coefficient (Wildman–Crippen LogP) is 5.47. The number of nitrogens with zero attached hydrogens (tertiary/aromatic N) is 4. The van der Waals surface area contributed by atoms with Gasteiger partial charge in [0, 0.05) is 34.2 Å². The number of fused-ring (bicyclic) bond motifs is 4. The molecule has 0 atom stereocenters. The number of aromatic amines is 1. The summed E-state index contributed by atoms with van der Waals surface area (Å²) in [4.78, 5) is 2.47. The fourth-order valence-electron chi connectivity index (χ4n) is 5.26. The van der Waals surface area contributed by atoms with Crippen LogP contribution < -0.4 is 4.90 Å². The normalized spacial score (nSPS) is 17.2. The highest BCUT2D eigenvalue weighted by molar-refractivity contribution is 9.10. The topological polar surface area (TPSA) is 57.7 Å². The molecule has 0 saturated heterocycles. The zero-order valence-electron chi connectivity index (χ0n) is 16.8. The highest BCUT2D eigenvalue weighted by Crippen LogP contribution is 2.56. The molecule has 0 amide bonds. The molecule has 6 heteroatoms. The summed E-state index contributed by atoms with van der Waals surface area (Å²) < 4.78 is 1.16. The molecule has 0 unspecified atom stereocenters. The molecule has 0 bridgehead atoms. The molecule has 1 fully saturated rings. The lowest BCUT2D eigenvalue weighted by molar-refractivity contribution is 0.343. The van der Waals surface area contributed by atoms with E-state index in [1.54, 1.807) is 0 Å². The van der Waals surface area contributed by atoms with Crippen molar-refractivity contribution >= 4 is 27.3 Å². The van der Waals surface area contributed by atoms with Crippen LogP contribution in [0.25, 0.3) is 0 Å². The van der Waals surface area contributed by atoms with E-state index < -0.39 is 0 Å². The van der Waals surface area contributed by atoms with Crippen LogP contribution in [0.2, 0.25) is 0 Å². The van der Waals surface area contributed by atoms with E-state index in [2.05, 4.69) is 84.8 Å². The smallest absolute Gasteiger partial charge is 0.176 e. The maximum atomic E-state index is 4.16. The molecular formula is C23H26BrN5. The highest BCUT2D eigenvalue weighted by atomic mass is 79.9. The zero-order chi connectivity index (χ0) is 19.8. The molecule has 1 aliphatic heterocycles. The summed E-state index contributed by atoms with van der Waals surface area (Å²) in [5, 5.41) is 14.6. The van der Waals surface area contributed by atoms with Crippen molar-refractivity contribution in [2.45, 2.75) is 57.3 Å². The third-order valence-corrected chi connectivity index (χ3v) is 7.19. The summed E-state index contributed by atoms with van der Waals surface area (Å²) >= 11 is 3.75. The van der Waals surface area contributed by atoms with E-state index >= 15 is 0 Å². The molecular weight excluding hydrogens is 426 g/mol. The van der Waals surface area contributed by atoms with Crippen LogP contribution in [0.3, 0.4) is 0 Å². The molecule has 1 aliphatic carbocycles. The predicted molar refractivity (Wildman–Crippen MR) is 119 cm³/mol. The lowest BCUT2D eigenvalue weighted by atomic mass is 9.62. The molecule has 150 valence electrons. The third-order valence-electron chi connectivity index (χ3n) is 6.70. The number of anilines is 2. The molecule has 1 saturated carbocycles. The van der Waals surface area contributed by atoms with E-state index in [0.717, 1.165) is 29.7 Å². The largest absolute Gasteiger partial charge is 0.341 e. The van der Waals surface area contributed by atoms with E-state index in [-0.39, 0.29) is 5.41 Å². The molecule has 0 radical (unpaired) electrons. The number of nitrogens with one attached hydrogen (secondary N) is 1.